The number of carboxylic acids is 1. The van der Waals surface area contributed by atoms with Crippen molar-refractivity contribution in [1.82, 2.24) is 55.2 Å². The molecule has 4 aromatic heterocycles. The Morgan fingerprint density at radius 1 is 0.442 bits per heavy atom. The summed E-state index contributed by atoms with van der Waals surface area (Å²) in [6.07, 6.45) is 11.5. The van der Waals surface area contributed by atoms with Crippen LogP contribution in [0.5, 0.6) is 0 Å². The van der Waals surface area contributed by atoms with Crippen LogP contribution in [0.2, 0.25) is 0 Å². The third kappa shape index (κ3) is 21.5. The molecule has 3 aliphatic heterocycles. The van der Waals surface area contributed by atoms with Gasteiger partial charge in [-0.15, -0.1) is 12.4 Å². The van der Waals surface area contributed by atoms with Gasteiger partial charge in [0.2, 0.25) is 5.91 Å². The lowest BCUT2D eigenvalue weighted by molar-refractivity contribution is -0.140. The van der Waals surface area contributed by atoms with Crippen LogP contribution in [0, 0.1) is 11.8 Å². The number of amides is 5. The highest BCUT2D eigenvalue weighted by Crippen LogP contribution is 2.39. The Morgan fingerprint density at radius 2 is 0.817 bits per heavy atom. The van der Waals surface area contributed by atoms with Crippen LogP contribution >= 0.6 is 66.4 Å². The molecule has 16 rings (SSSR count). The molecular formula is C91H104ClN11O13S4. The van der Waals surface area contributed by atoms with Crippen molar-refractivity contribution in [2.75, 3.05) is 33.9 Å². The Balaban J connectivity index is 0.000000235. The summed E-state index contributed by atoms with van der Waals surface area (Å²) in [5.41, 5.74) is 12.7. The zero-order valence-electron chi connectivity index (χ0n) is 67.7. The van der Waals surface area contributed by atoms with E-state index in [1.807, 2.05) is 122 Å². The van der Waals surface area contributed by atoms with E-state index < -0.39 is 30.2 Å². The smallest absolute Gasteiger partial charge is 0.410 e. The number of methoxy groups -OCH3 is 2. The number of benzene rings is 8. The van der Waals surface area contributed by atoms with Gasteiger partial charge in [0.15, 0.2) is 10.9 Å². The lowest BCUT2D eigenvalue weighted by Crippen LogP contribution is -2.51. The molecule has 2 unspecified atom stereocenters. The van der Waals surface area contributed by atoms with E-state index in [-0.39, 0.29) is 139 Å². The summed E-state index contributed by atoms with van der Waals surface area (Å²) in [4.78, 5) is 128. The minimum Gasteiger partial charge on any atom is -0.480 e. The zero-order valence-corrected chi connectivity index (χ0v) is 72.5. The van der Waals surface area contributed by atoms with Crippen LogP contribution < -0.4 is 21.5 Å². The normalized spacial score (nSPS) is 15.9. The molecule has 0 spiro atoms. The zero-order chi connectivity index (χ0) is 80.4. The highest BCUT2D eigenvalue weighted by molar-refractivity contribution is 7.59. The van der Waals surface area contributed by atoms with E-state index in [1.54, 1.807) is 42.0 Å². The number of rotatable bonds is 18. The van der Waals surface area contributed by atoms with Crippen LogP contribution in [-0.4, -0.2) is 132 Å². The number of likely N-dealkylation sites (tertiary alicyclic amines) is 3. The van der Waals surface area contributed by atoms with Crippen LogP contribution in [0.15, 0.2) is 204 Å². The van der Waals surface area contributed by atoms with Crippen LogP contribution in [0.25, 0.3) is 88.1 Å². The maximum Gasteiger partial charge on any atom is 0.410 e. The average molecular weight is 1720 g/mol. The Kier molecular flexibility index (Phi) is 32.6. The summed E-state index contributed by atoms with van der Waals surface area (Å²) >= 11 is 0. The third-order valence-corrected chi connectivity index (χ3v) is 22.3. The first-order chi connectivity index (χ1) is 55.7. The molecule has 29 heteroatoms. The quantitative estimate of drug-likeness (QED) is 0.0393. The number of pyridine rings is 2. The molecule has 12 aromatic rings. The molecule has 632 valence electrons. The number of nitrogens with one attached hydrogen (secondary N) is 6. The number of aromatic nitrogens is 6. The molecule has 4 fully saturated rings. The van der Waals surface area contributed by atoms with Crippen molar-refractivity contribution in [2.24, 2.45) is 11.8 Å². The van der Waals surface area contributed by atoms with Crippen molar-refractivity contribution in [3.8, 4) is 44.8 Å². The van der Waals surface area contributed by atoms with E-state index in [4.69, 9.17) is 29.3 Å². The molecule has 120 heavy (non-hydrogen) atoms. The fourth-order valence-electron chi connectivity index (χ4n) is 16.1. The first-order valence-electron chi connectivity index (χ1n) is 39.4. The third-order valence-electron chi connectivity index (χ3n) is 22.3. The van der Waals surface area contributed by atoms with Gasteiger partial charge in [-0.2, -0.15) is 54.0 Å². The van der Waals surface area contributed by atoms with Gasteiger partial charge in [-0.1, -0.05) is 162 Å². The summed E-state index contributed by atoms with van der Waals surface area (Å²) in [5, 5.41) is 19.2. The SMILES string of the molecule is COC(=O)N[C@H](C(=O)N1CCC[C@H]1c1ncc(-c2ccc3cc(-c4ccc5c(=O)cc(C6CCCN6C(=O)OCc6ccccc6)[nH]c5c4)ccc3c2)[nH]1)C(C)C.COC(=O)N[C@H](C(=O)O)C(C)C.Cl.O=C(OCc1ccccc1)N1CCCC1c1cc(=O)c2ccc(-c3ccc4cc(-c5cnc(C6CCCC6)[nH]5)ccc4c3)cc2[nH]1.S.S.S.S. The Morgan fingerprint density at radius 3 is 1.24 bits per heavy atom. The van der Waals surface area contributed by atoms with Crippen molar-refractivity contribution in [3.63, 3.8) is 0 Å². The monoisotopic (exact) mass is 1720 g/mol. The topological polar surface area (TPSA) is 316 Å². The van der Waals surface area contributed by atoms with Crippen LogP contribution in [0.4, 0.5) is 19.2 Å². The number of carboxylic acid groups (broad SMARTS) is 1. The minimum absolute atomic E-state index is 0. The van der Waals surface area contributed by atoms with E-state index in [1.165, 1.54) is 39.9 Å². The Labute approximate surface area is 729 Å². The number of alkyl carbamates (subject to hydrolysis) is 2. The second-order valence-corrected chi connectivity index (χ2v) is 30.6. The summed E-state index contributed by atoms with van der Waals surface area (Å²) in [7, 11) is 2.48. The van der Waals surface area contributed by atoms with E-state index in [9.17, 15) is 38.4 Å². The van der Waals surface area contributed by atoms with E-state index >= 15 is 0 Å². The molecule has 8 aromatic carbocycles. The Hall–Kier alpha value is -11.2. The number of carbonyl (C=O) groups is 6. The Bertz CT molecular complexity index is 5710. The van der Waals surface area contributed by atoms with Gasteiger partial charge in [0.1, 0.15) is 36.9 Å². The first kappa shape index (κ1) is 92.7. The number of hydrogen-bond acceptors (Lipinski definition) is 14. The van der Waals surface area contributed by atoms with Crippen molar-refractivity contribution in [3.05, 3.63) is 249 Å². The number of fused-ring (bicyclic) bond motifs is 4. The predicted molar refractivity (Wildman–Crippen MR) is 490 cm³/mol. The molecule has 7 N–H and O–H groups in total. The number of aliphatic carboxylic acids is 1. The molecular weight excluding hydrogens is 1620 g/mol. The lowest BCUT2D eigenvalue weighted by Gasteiger charge is -2.30. The van der Waals surface area contributed by atoms with Gasteiger partial charge in [0, 0.05) is 71.0 Å². The van der Waals surface area contributed by atoms with Crippen molar-refractivity contribution >= 4 is 146 Å². The molecule has 24 nitrogen and oxygen atoms in total. The lowest BCUT2D eigenvalue weighted by atomic mass is 9.98. The standard InChI is InChI=1S/C45H46N6O6.C39H36N4O3.C7H13NO4.ClH.4H2S/c1-27(2)41(49-44(54)56-3)43(53)50-19-8-12-39(50)42-46-25-37(48-42)33-16-15-29-21-30(13-14-31(29)22-33)32-17-18-34-35(23-32)47-36(24-40(34)52)38-11-7-20-51(38)45(55)57-26-28-9-5-4-6-10-28;44-37-22-34(36-11-6-18-43(36)39(45)46-24-25-7-2-1-3-8-25)41-33-21-30(16-17-32(33)37)28-12-13-29-20-31(15-14-27(29)19-28)35-23-40-38(42-35)26-9-4-5-10-26;1-4(2)5(6(9)10)8-7(11)12-3;;;;;/h4-6,9-10,13-18,21-25,27,38-39,41H,7-8,11-12,19-20,26H2,1-3H3,(H,46,48)(H,47,52)(H,49,54);1-3,7-8,12-17,19-23,26,36H,4-6,9-11,18,24H2,(H,40,42)(H,41,44);4-5H,1-3H3,(H,8,11)(H,9,10);1H;4*1H2/t38?,39-,41-;;5-;;;;;/m0.0...../s1. The van der Waals surface area contributed by atoms with E-state index in [2.05, 4.69) is 108 Å². The number of halogens is 1. The molecule has 0 bridgehead atoms. The number of ether oxygens (including phenoxy) is 4. The van der Waals surface area contributed by atoms with E-state index in [0.717, 1.165) is 133 Å². The van der Waals surface area contributed by atoms with Crippen molar-refractivity contribution in [1.29, 1.82) is 0 Å². The molecule has 1 saturated carbocycles. The van der Waals surface area contributed by atoms with Crippen molar-refractivity contribution < 1.29 is 52.8 Å². The highest BCUT2D eigenvalue weighted by Gasteiger charge is 2.39. The second-order valence-electron chi connectivity index (χ2n) is 30.6. The van der Waals surface area contributed by atoms with Gasteiger partial charge in [0.25, 0.3) is 0 Å². The maximum atomic E-state index is 13.6. The molecule has 0 radical (unpaired) electrons. The van der Waals surface area contributed by atoms with Gasteiger partial charge in [-0.3, -0.25) is 24.2 Å². The van der Waals surface area contributed by atoms with Crippen LogP contribution in [0.3, 0.4) is 0 Å². The molecule has 5 atom stereocenters. The van der Waals surface area contributed by atoms with Crippen molar-refractivity contribution in [2.45, 2.75) is 141 Å². The molecule has 5 amide bonds. The molecule has 1 aliphatic carbocycles. The summed E-state index contributed by atoms with van der Waals surface area (Å²) < 4.78 is 20.3. The van der Waals surface area contributed by atoms with Crippen LogP contribution in [0.1, 0.15) is 150 Å². The minimum atomic E-state index is -1.06. The fourth-order valence-corrected chi connectivity index (χ4v) is 16.1. The summed E-state index contributed by atoms with van der Waals surface area (Å²) in [6, 6.07) is 57.5. The summed E-state index contributed by atoms with van der Waals surface area (Å²) in [6.45, 7) is 9.37. The number of nitrogens with zero attached hydrogens (tertiary/aromatic N) is 5. The number of imidazole rings is 2. The summed E-state index contributed by atoms with van der Waals surface area (Å²) in [5.74, 6) is 0.907. The molecule has 4 aliphatic rings. The molecule has 3 saturated heterocycles. The van der Waals surface area contributed by atoms with E-state index in [0.29, 0.717) is 53.4 Å². The van der Waals surface area contributed by atoms with Gasteiger partial charge in [-0.25, -0.2) is 33.9 Å². The molecule has 7 heterocycles. The van der Waals surface area contributed by atoms with Gasteiger partial charge >= 0.3 is 30.3 Å². The predicted octanol–water partition coefficient (Wildman–Crippen LogP) is 18.5. The van der Waals surface area contributed by atoms with Gasteiger partial charge in [0.05, 0.1) is 67.2 Å². The number of carbonyl (C=O) groups excluding carboxylic acids is 5. The average Bonchev–Trinajstić information content (AvgIpc) is 1.15. The highest BCUT2D eigenvalue weighted by atomic mass is 35.5. The number of H-pyrrole nitrogens is 4. The maximum absolute atomic E-state index is 13.6. The largest absolute Gasteiger partial charge is 0.480 e. The number of aromatic amines is 4. The van der Waals surface area contributed by atoms with Gasteiger partial charge < -0.3 is 59.5 Å². The number of hydrogen-bond donors (Lipinski definition) is 7. The fraction of sp³-hybridized carbons (Fsp3) is 0.319. The van der Waals surface area contributed by atoms with Crippen LogP contribution in [-0.2, 0) is 41.8 Å². The first-order valence-corrected chi connectivity index (χ1v) is 39.4. The van der Waals surface area contributed by atoms with Gasteiger partial charge in [-0.05, 0) is 167 Å². The second kappa shape index (κ2) is 42.2.